The molecule has 1 heterocycles. The molecule has 1 fully saturated rings. The van der Waals surface area contributed by atoms with E-state index in [0.717, 1.165) is 38.2 Å². The van der Waals surface area contributed by atoms with Crippen LogP contribution in [0, 0.1) is 0 Å². The van der Waals surface area contributed by atoms with Gasteiger partial charge < -0.3 is 15.1 Å². The van der Waals surface area contributed by atoms with Crippen molar-refractivity contribution in [2.75, 3.05) is 32.0 Å². The van der Waals surface area contributed by atoms with Gasteiger partial charge >= 0.3 is 6.03 Å². The molecule has 0 spiro atoms. The number of carbonyl (C=O) groups is 1. The molecular formula is C22H27N3O. The van der Waals surface area contributed by atoms with Crippen molar-refractivity contribution >= 4 is 11.7 Å². The molecule has 2 aromatic rings. The zero-order chi connectivity index (χ0) is 17.9. The summed E-state index contributed by atoms with van der Waals surface area (Å²) in [6.07, 6.45) is 4.65. The van der Waals surface area contributed by atoms with E-state index in [-0.39, 0.29) is 12.1 Å². The van der Waals surface area contributed by atoms with Crippen LogP contribution in [0.25, 0.3) is 0 Å². The number of hydrogen-bond acceptors (Lipinski definition) is 2. The number of nitrogens with zero attached hydrogens (tertiary/aromatic N) is 2. The average molecular weight is 349 g/mol. The first-order valence-electron chi connectivity index (χ1n) is 9.64. The summed E-state index contributed by atoms with van der Waals surface area (Å²) in [5, 5.41) is 3.22. The van der Waals surface area contributed by atoms with E-state index in [1.54, 1.807) is 0 Å². The maximum atomic E-state index is 13.1. The fourth-order valence-electron chi connectivity index (χ4n) is 4.21. The van der Waals surface area contributed by atoms with Crippen LogP contribution in [-0.2, 0) is 12.8 Å². The van der Waals surface area contributed by atoms with Crippen LogP contribution < -0.4 is 5.32 Å². The summed E-state index contributed by atoms with van der Waals surface area (Å²) in [6.45, 7) is 2.52. The third-order valence-corrected chi connectivity index (χ3v) is 5.67. The maximum Gasteiger partial charge on any atom is 0.322 e. The Balaban J connectivity index is 1.57. The zero-order valence-corrected chi connectivity index (χ0v) is 15.4. The first kappa shape index (κ1) is 17.1. The normalized spacial score (nSPS) is 20.5. The minimum atomic E-state index is 0.0194. The van der Waals surface area contributed by atoms with E-state index in [4.69, 9.17) is 0 Å². The van der Waals surface area contributed by atoms with E-state index in [1.807, 2.05) is 23.1 Å². The lowest BCUT2D eigenvalue weighted by molar-refractivity contribution is 0.116. The quantitative estimate of drug-likeness (QED) is 0.886. The van der Waals surface area contributed by atoms with Gasteiger partial charge in [-0.05, 0) is 55.5 Å². The van der Waals surface area contributed by atoms with Crippen molar-refractivity contribution in [3.63, 3.8) is 0 Å². The summed E-state index contributed by atoms with van der Waals surface area (Å²) in [6, 6.07) is 16.8. The second-order valence-corrected chi connectivity index (χ2v) is 7.46. The molecule has 4 heteroatoms. The minimum absolute atomic E-state index is 0.0194. The molecular weight excluding hydrogens is 322 g/mol. The molecule has 1 aliphatic heterocycles. The minimum Gasteiger partial charge on any atom is -0.315 e. The lowest BCUT2D eigenvalue weighted by atomic mass is 9.90. The van der Waals surface area contributed by atoms with Crippen LogP contribution >= 0.6 is 0 Å². The molecule has 1 atom stereocenters. The number of benzene rings is 2. The standard InChI is InChI=1S/C22H27N3O/c1-24-14-15-25(21(16-24)18-9-3-2-4-10-18)22(26)23-20-13-7-11-17-8-5-6-12-19(17)20/h2-4,7,9-11,13,21H,5-6,8,12,14-16H2,1H3,(H,23,26)/t21-/m1/s1. The van der Waals surface area contributed by atoms with Crippen molar-refractivity contribution < 1.29 is 4.79 Å². The fourth-order valence-corrected chi connectivity index (χ4v) is 4.21. The van der Waals surface area contributed by atoms with Crippen LogP contribution in [0.5, 0.6) is 0 Å². The molecule has 26 heavy (non-hydrogen) atoms. The number of rotatable bonds is 2. The number of nitrogens with one attached hydrogen (secondary N) is 1. The Morgan fingerprint density at radius 2 is 1.81 bits per heavy atom. The Kier molecular flexibility index (Phi) is 4.93. The highest BCUT2D eigenvalue weighted by molar-refractivity contribution is 5.91. The monoisotopic (exact) mass is 349 g/mol. The molecule has 1 aliphatic carbocycles. The van der Waals surface area contributed by atoms with Gasteiger partial charge in [0.05, 0.1) is 6.04 Å². The van der Waals surface area contributed by atoms with Gasteiger partial charge in [-0.1, -0.05) is 42.5 Å². The van der Waals surface area contributed by atoms with Crippen LogP contribution in [0.2, 0.25) is 0 Å². The van der Waals surface area contributed by atoms with Crippen molar-refractivity contribution in [2.24, 2.45) is 0 Å². The molecule has 4 rings (SSSR count). The van der Waals surface area contributed by atoms with E-state index < -0.39 is 0 Å². The van der Waals surface area contributed by atoms with Crippen molar-refractivity contribution in [3.05, 3.63) is 65.2 Å². The summed E-state index contributed by atoms with van der Waals surface area (Å²) in [5.41, 5.74) is 4.92. The largest absolute Gasteiger partial charge is 0.322 e. The first-order valence-corrected chi connectivity index (χ1v) is 9.64. The third kappa shape index (κ3) is 3.47. The zero-order valence-electron chi connectivity index (χ0n) is 15.4. The lowest BCUT2D eigenvalue weighted by Gasteiger charge is -2.40. The second-order valence-electron chi connectivity index (χ2n) is 7.46. The molecule has 2 amide bonds. The molecule has 0 saturated carbocycles. The molecule has 4 nitrogen and oxygen atoms in total. The number of aryl methyl sites for hydroxylation is 1. The van der Waals surface area contributed by atoms with E-state index in [1.165, 1.54) is 29.5 Å². The van der Waals surface area contributed by atoms with Crippen LogP contribution in [0.3, 0.4) is 0 Å². The van der Waals surface area contributed by atoms with Crippen LogP contribution in [-0.4, -0.2) is 42.5 Å². The SMILES string of the molecule is CN1CCN(C(=O)Nc2cccc3c2CCCC3)[C@@H](c2ccccc2)C1. The number of hydrogen-bond donors (Lipinski definition) is 1. The van der Waals surface area contributed by atoms with Crippen molar-refractivity contribution in [3.8, 4) is 0 Å². The van der Waals surface area contributed by atoms with Gasteiger partial charge in [0.2, 0.25) is 0 Å². The van der Waals surface area contributed by atoms with Crippen LogP contribution in [0.4, 0.5) is 10.5 Å². The molecule has 0 radical (unpaired) electrons. The number of fused-ring (bicyclic) bond motifs is 1. The van der Waals surface area contributed by atoms with Gasteiger partial charge in [0.15, 0.2) is 0 Å². The van der Waals surface area contributed by atoms with Gasteiger partial charge in [-0.25, -0.2) is 4.79 Å². The van der Waals surface area contributed by atoms with E-state index in [0.29, 0.717) is 0 Å². The van der Waals surface area contributed by atoms with Gasteiger partial charge in [0.1, 0.15) is 0 Å². The fraction of sp³-hybridized carbons (Fsp3) is 0.409. The predicted molar refractivity (Wildman–Crippen MR) is 105 cm³/mol. The Labute approximate surface area is 155 Å². The number of carbonyl (C=O) groups excluding carboxylic acids is 1. The average Bonchev–Trinajstić information content (AvgIpc) is 2.69. The third-order valence-electron chi connectivity index (χ3n) is 5.67. The predicted octanol–water partition coefficient (Wildman–Crippen LogP) is 4.09. The summed E-state index contributed by atoms with van der Waals surface area (Å²) in [5.74, 6) is 0. The molecule has 2 aliphatic rings. The van der Waals surface area contributed by atoms with Crippen molar-refractivity contribution in [1.29, 1.82) is 0 Å². The smallest absolute Gasteiger partial charge is 0.315 e. The molecule has 1 N–H and O–H groups in total. The van der Waals surface area contributed by atoms with Gasteiger partial charge in [-0.15, -0.1) is 0 Å². The van der Waals surface area contributed by atoms with Crippen molar-refractivity contribution in [1.82, 2.24) is 9.80 Å². The molecule has 0 bridgehead atoms. The summed E-state index contributed by atoms with van der Waals surface area (Å²) >= 11 is 0. The highest BCUT2D eigenvalue weighted by atomic mass is 16.2. The molecule has 2 aromatic carbocycles. The van der Waals surface area contributed by atoms with E-state index in [2.05, 4.69) is 47.6 Å². The summed E-state index contributed by atoms with van der Waals surface area (Å²) in [7, 11) is 2.12. The molecule has 0 aromatic heterocycles. The Morgan fingerprint density at radius 3 is 2.65 bits per heavy atom. The Morgan fingerprint density at radius 1 is 1.00 bits per heavy atom. The second kappa shape index (κ2) is 7.50. The summed E-state index contributed by atoms with van der Waals surface area (Å²) < 4.78 is 0. The highest BCUT2D eigenvalue weighted by Crippen LogP contribution is 2.30. The molecule has 1 saturated heterocycles. The van der Waals surface area contributed by atoms with E-state index >= 15 is 0 Å². The number of urea groups is 1. The Bertz CT molecular complexity index is 774. The van der Waals surface area contributed by atoms with Gasteiger partial charge in [0.25, 0.3) is 0 Å². The van der Waals surface area contributed by atoms with Crippen LogP contribution in [0.1, 0.15) is 35.6 Å². The van der Waals surface area contributed by atoms with Crippen LogP contribution in [0.15, 0.2) is 48.5 Å². The number of anilines is 1. The van der Waals surface area contributed by atoms with Crippen molar-refractivity contribution in [2.45, 2.75) is 31.7 Å². The molecule has 0 unspecified atom stereocenters. The van der Waals surface area contributed by atoms with Gasteiger partial charge in [-0.2, -0.15) is 0 Å². The first-order chi connectivity index (χ1) is 12.7. The number of piperazine rings is 1. The summed E-state index contributed by atoms with van der Waals surface area (Å²) in [4.78, 5) is 17.4. The van der Waals surface area contributed by atoms with Gasteiger partial charge in [-0.3, -0.25) is 0 Å². The number of likely N-dealkylation sites (N-methyl/N-ethyl adjacent to an activating group) is 1. The lowest BCUT2D eigenvalue weighted by Crippen LogP contribution is -2.50. The van der Waals surface area contributed by atoms with Gasteiger partial charge in [0, 0.05) is 25.3 Å². The topological polar surface area (TPSA) is 35.6 Å². The maximum absolute atomic E-state index is 13.1. The number of amides is 2. The Hall–Kier alpha value is -2.33. The molecule has 136 valence electrons. The highest BCUT2D eigenvalue weighted by Gasteiger charge is 2.30. The van der Waals surface area contributed by atoms with E-state index in [9.17, 15) is 4.79 Å².